The molecule has 88 valence electrons. The van der Waals surface area contributed by atoms with Crippen LogP contribution in [0.4, 0.5) is 4.39 Å². The molecule has 0 aliphatic carbocycles. The lowest BCUT2D eigenvalue weighted by molar-refractivity contribution is -0.694. The molecule has 0 saturated carbocycles. The standard InChI is InChI=1S/C14H14ClFN/c1-10-5-4-8-17(11(10)2)9-12-13(15)6-3-7-14(12)16/h3-8H,9H2,1-2H3/q+1. The molecular formula is C14H14ClFN+. The van der Waals surface area contributed by atoms with Gasteiger partial charge in [-0.3, -0.25) is 0 Å². The van der Waals surface area contributed by atoms with E-state index in [4.69, 9.17) is 11.6 Å². The van der Waals surface area contributed by atoms with Gasteiger partial charge in [-0.25, -0.2) is 4.39 Å². The summed E-state index contributed by atoms with van der Waals surface area (Å²) in [4.78, 5) is 0. The van der Waals surface area contributed by atoms with E-state index < -0.39 is 0 Å². The molecule has 0 aliphatic heterocycles. The van der Waals surface area contributed by atoms with Gasteiger partial charge in [-0.05, 0) is 25.1 Å². The van der Waals surface area contributed by atoms with E-state index in [0.29, 0.717) is 17.1 Å². The molecule has 0 unspecified atom stereocenters. The first-order chi connectivity index (χ1) is 8.09. The smallest absolute Gasteiger partial charge is 0.181 e. The zero-order valence-corrected chi connectivity index (χ0v) is 10.6. The van der Waals surface area contributed by atoms with Crippen LogP contribution in [0.2, 0.25) is 5.02 Å². The Morgan fingerprint density at radius 1 is 1.18 bits per heavy atom. The number of aryl methyl sites for hydroxylation is 1. The largest absolute Gasteiger partial charge is 0.206 e. The van der Waals surface area contributed by atoms with E-state index in [1.807, 2.05) is 36.7 Å². The second kappa shape index (κ2) is 4.84. The molecule has 0 radical (unpaired) electrons. The third kappa shape index (κ3) is 2.47. The lowest BCUT2D eigenvalue weighted by atomic mass is 10.1. The van der Waals surface area contributed by atoms with E-state index in [1.54, 1.807) is 12.1 Å². The molecule has 0 fully saturated rings. The average Bonchev–Trinajstić information content (AvgIpc) is 2.29. The monoisotopic (exact) mass is 250 g/mol. The molecule has 0 amide bonds. The van der Waals surface area contributed by atoms with Crippen LogP contribution in [-0.2, 0) is 6.54 Å². The second-order valence-electron chi connectivity index (χ2n) is 4.10. The van der Waals surface area contributed by atoms with Crippen LogP contribution in [0, 0.1) is 19.7 Å². The van der Waals surface area contributed by atoms with E-state index in [9.17, 15) is 4.39 Å². The maximum absolute atomic E-state index is 13.7. The minimum atomic E-state index is -0.258. The zero-order valence-electron chi connectivity index (χ0n) is 9.87. The van der Waals surface area contributed by atoms with E-state index in [0.717, 1.165) is 5.69 Å². The average molecular weight is 251 g/mol. The predicted molar refractivity (Wildman–Crippen MR) is 66.6 cm³/mol. The van der Waals surface area contributed by atoms with Crippen molar-refractivity contribution in [2.24, 2.45) is 0 Å². The minimum Gasteiger partial charge on any atom is -0.206 e. The van der Waals surface area contributed by atoms with Gasteiger partial charge in [-0.1, -0.05) is 17.7 Å². The molecule has 0 aliphatic rings. The normalized spacial score (nSPS) is 10.6. The summed E-state index contributed by atoms with van der Waals surface area (Å²) >= 11 is 6.02. The number of hydrogen-bond donors (Lipinski definition) is 0. The molecular weight excluding hydrogens is 237 g/mol. The van der Waals surface area contributed by atoms with E-state index in [2.05, 4.69) is 0 Å². The maximum Gasteiger partial charge on any atom is 0.181 e. The van der Waals surface area contributed by atoms with Gasteiger partial charge in [0.2, 0.25) is 0 Å². The van der Waals surface area contributed by atoms with Gasteiger partial charge in [0.25, 0.3) is 0 Å². The first-order valence-electron chi connectivity index (χ1n) is 5.48. The van der Waals surface area contributed by atoms with Crippen molar-refractivity contribution in [3.63, 3.8) is 0 Å². The van der Waals surface area contributed by atoms with E-state index >= 15 is 0 Å². The summed E-state index contributed by atoms with van der Waals surface area (Å²) < 4.78 is 15.7. The molecule has 0 N–H and O–H groups in total. The number of rotatable bonds is 2. The Labute approximate surface area is 105 Å². The predicted octanol–water partition coefficient (Wildman–Crippen LogP) is 3.43. The zero-order chi connectivity index (χ0) is 12.4. The van der Waals surface area contributed by atoms with Crippen molar-refractivity contribution in [2.45, 2.75) is 20.4 Å². The molecule has 0 atom stereocenters. The van der Waals surface area contributed by atoms with Crippen LogP contribution in [-0.4, -0.2) is 0 Å². The van der Waals surface area contributed by atoms with Crippen molar-refractivity contribution >= 4 is 11.6 Å². The highest BCUT2D eigenvalue weighted by Gasteiger charge is 2.14. The fraction of sp³-hybridized carbons (Fsp3) is 0.214. The summed E-state index contributed by atoms with van der Waals surface area (Å²) in [5.41, 5.74) is 2.83. The van der Waals surface area contributed by atoms with Crippen molar-refractivity contribution < 1.29 is 8.96 Å². The molecule has 0 spiro atoms. The minimum absolute atomic E-state index is 0.258. The van der Waals surface area contributed by atoms with Crippen LogP contribution >= 0.6 is 11.6 Å². The van der Waals surface area contributed by atoms with Gasteiger partial charge < -0.3 is 0 Å². The SMILES string of the molecule is Cc1ccc[n+](Cc2c(F)cccc2Cl)c1C. The van der Waals surface area contributed by atoms with Crippen molar-refractivity contribution in [1.82, 2.24) is 0 Å². The summed E-state index contributed by atoms with van der Waals surface area (Å²) in [5, 5.41) is 0.471. The van der Waals surface area contributed by atoms with Crippen LogP contribution < -0.4 is 4.57 Å². The number of pyridine rings is 1. The van der Waals surface area contributed by atoms with Crippen molar-refractivity contribution in [3.05, 3.63) is 64.2 Å². The van der Waals surface area contributed by atoms with Gasteiger partial charge in [0, 0.05) is 18.6 Å². The Morgan fingerprint density at radius 2 is 1.94 bits per heavy atom. The van der Waals surface area contributed by atoms with Crippen molar-refractivity contribution in [1.29, 1.82) is 0 Å². The Balaban J connectivity index is 2.42. The fourth-order valence-corrected chi connectivity index (χ4v) is 2.00. The van der Waals surface area contributed by atoms with Gasteiger partial charge in [0.15, 0.2) is 18.4 Å². The number of halogens is 2. The summed E-state index contributed by atoms with van der Waals surface area (Å²) in [7, 11) is 0. The summed E-state index contributed by atoms with van der Waals surface area (Å²) in [6.45, 7) is 4.51. The Morgan fingerprint density at radius 3 is 2.65 bits per heavy atom. The number of benzene rings is 1. The molecule has 1 heterocycles. The second-order valence-corrected chi connectivity index (χ2v) is 4.51. The molecule has 0 bridgehead atoms. The lowest BCUT2D eigenvalue weighted by Crippen LogP contribution is -2.38. The van der Waals surface area contributed by atoms with Gasteiger partial charge in [0.05, 0.1) is 10.6 Å². The topological polar surface area (TPSA) is 3.88 Å². The summed E-state index contributed by atoms with van der Waals surface area (Å²) in [5.74, 6) is -0.258. The van der Waals surface area contributed by atoms with Gasteiger partial charge in [0.1, 0.15) is 5.82 Å². The summed E-state index contributed by atoms with van der Waals surface area (Å²) in [6, 6.07) is 8.76. The fourth-order valence-electron chi connectivity index (χ4n) is 1.78. The molecule has 1 aromatic carbocycles. The molecule has 1 nitrogen and oxygen atoms in total. The highest BCUT2D eigenvalue weighted by molar-refractivity contribution is 6.31. The third-order valence-corrected chi connectivity index (χ3v) is 3.36. The van der Waals surface area contributed by atoms with Crippen LogP contribution in [0.15, 0.2) is 36.5 Å². The first kappa shape index (κ1) is 12.1. The number of nitrogens with zero attached hydrogens (tertiary/aromatic N) is 1. The summed E-state index contributed by atoms with van der Waals surface area (Å²) in [6.07, 6.45) is 1.94. The molecule has 17 heavy (non-hydrogen) atoms. The Kier molecular flexibility index (Phi) is 3.43. The first-order valence-corrected chi connectivity index (χ1v) is 5.86. The Bertz CT molecular complexity index is 532. The lowest BCUT2D eigenvalue weighted by Gasteiger charge is -2.05. The highest BCUT2D eigenvalue weighted by Crippen LogP contribution is 2.18. The van der Waals surface area contributed by atoms with Crippen molar-refractivity contribution in [3.8, 4) is 0 Å². The number of hydrogen-bond acceptors (Lipinski definition) is 0. The van der Waals surface area contributed by atoms with E-state index in [-0.39, 0.29) is 5.82 Å². The van der Waals surface area contributed by atoms with Crippen LogP contribution in [0.5, 0.6) is 0 Å². The third-order valence-electron chi connectivity index (χ3n) is 3.00. The van der Waals surface area contributed by atoms with Crippen LogP contribution in [0.1, 0.15) is 16.8 Å². The molecule has 0 saturated heterocycles. The van der Waals surface area contributed by atoms with Crippen LogP contribution in [0.25, 0.3) is 0 Å². The number of aromatic nitrogens is 1. The molecule has 1 aromatic heterocycles. The molecule has 3 heteroatoms. The van der Waals surface area contributed by atoms with Gasteiger partial charge >= 0.3 is 0 Å². The van der Waals surface area contributed by atoms with E-state index in [1.165, 1.54) is 11.6 Å². The van der Waals surface area contributed by atoms with Crippen molar-refractivity contribution in [2.75, 3.05) is 0 Å². The highest BCUT2D eigenvalue weighted by atomic mass is 35.5. The van der Waals surface area contributed by atoms with Gasteiger partial charge in [-0.2, -0.15) is 4.57 Å². The Hall–Kier alpha value is -1.41. The molecule has 2 rings (SSSR count). The van der Waals surface area contributed by atoms with Crippen LogP contribution in [0.3, 0.4) is 0 Å². The quantitative estimate of drug-likeness (QED) is 0.719. The molecule has 2 aromatic rings. The van der Waals surface area contributed by atoms with Gasteiger partial charge in [-0.15, -0.1) is 0 Å². The maximum atomic E-state index is 13.7.